The molecule has 262 valence electrons. The molecule has 0 bridgehead atoms. The third-order valence-corrected chi connectivity index (χ3v) is 14.4. The van der Waals surface area contributed by atoms with Gasteiger partial charge in [0.05, 0.1) is 18.6 Å². The lowest BCUT2D eigenvalue weighted by Crippen LogP contribution is -2.66. The molecule has 3 saturated carbocycles. The molecule has 1 spiro atoms. The number of carbonyl (C=O) groups excluding carboxylic acids is 4. The molecule has 0 radical (unpaired) electrons. The Kier molecular flexibility index (Phi) is 9.21. The second-order valence-corrected chi connectivity index (χ2v) is 17.5. The largest absolute Gasteiger partial charge is 0.465 e. The van der Waals surface area contributed by atoms with Gasteiger partial charge < -0.3 is 18.9 Å². The van der Waals surface area contributed by atoms with Crippen molar-refractivity contribution in [3.05, 3.63) is 46.0 Å². The fraction of sp³-hybridized carbons (Fsp3) is 0.692. The average molecular weight is 728 g/mol. The van der Waals surface area contributed by atoms with Gasteiger partial charge in [-0.15, -0.1) is 0 Å². The zero-order valence-electron chi connectivity index (χ0n) is 29.4. The van der Waals surface area contributed by atoms with Crippen molar-refractivity contribution in [3.8, 4) is 0 Å². The fourth-order valence-corrected chi connectivity index (χ4v) is 11.8. The number of benzene rings is 1. The van der Waals surface area contributed by atoms with E-state index in [0.29, 0.717) is 42.4 Å². The molecule has 1 unspecified atom stereocenters. The number of carbonyl (C=O) groups is 4. The number of halogens is 1. The quantitative estimate of drug-likeness (QED) is 0.206. The highest BCUT2D eigenvalue weighted by molar-refractivity contribution is 9.10. The van der Waals surface area contributed by atoms with Gasteiger partial charge in [-0.3, -0.25) is 9.59 Å². The zero-order valence-corrected chi connectivity index (χ0v) is 31.0. The van der Waals surface area contributed by atoms with Crippen molar-refractivity contribution in [2.75, 3.05) is 6.61 Å². The van der Waals surface area contributed by atoms with E-state index in [2.05, 4.69) is 50.5 Å². The summed E-state index contributed by atoms with van der Waals surface area (Å²) in [5.41, 5.74) is 0.285. The lowest BCUT2D eigenvalue weighted by atomic mass is 9.34. The molecule has 8 nitrogen and oxygen atoms in total. The van der Waals surface area contributed by atoms with Crippen molar-refractivity contribution in [3.63, 3.8) is 0 Å². The molecular weight excluding hydrogens is 676 g/mol. The van der Waals surface area contributed by atoms with Crippen molar-refractivity contribution in [1.29, 1.82) is 0 Å². The second kappa shape index (κ2) is 12.6. The van der Waals surface area contributed by atoms with E-state index in [1.165, 1.54) is 6.92 Å². The first-order valence-corrected chi connectivity index (χ1v) is 18.5. The first kappa shape index (κ1) is 35.2. The topological polar surface area (TPSA) is 105 Å². The lowest BCUT2D eigenvalue weighted by molar-refractivity contribution is -0.236. The van der Waals surface area contributed by atoms with Gasteiger partial charge in [-0.2, -0.15) is 0 Å². The van der Waals surface area contributed by atoms with E-state index in [1.807, 2.05) is 18.2 Å². The summed E-state index contributed by atoms with van der Waals surface area (Å²) in [7, 11) is 0. The molecule has 9 heteroatoms. The first-order chi connectivity index (χ1) is 22.5. The Balaban J connectivity index is 1.27. The van der Waals surface area contributed by atoms with Crippen molar-refractivity contribution >= 4 is 39.8 Å². The third-order valence-electron chi connectivity index (χ3n) is 13.9. The summed E-state index contributed by atoms with van der Waals surface area (Å²) in [6, 6.07) is 7.32. The molecule has 6 rings (SSSR count). The average Bonchev–Trinajstić information content (AvgIpc) is 3.56. The number of hydrogen-bond donors (Lipinski definition) is 0. The molecule has 1 saturated heterocycles. The molecule has 0 amide bonds. The predicted octanol–water partition coefficient (Wildman–Crippen LogP) is 8.01. The van der Waals surface area contributed by atoms with Crippen molar-refractivity contribution in [2.45, 2.75) is 118 Å². The summed E-state index contributed by atoms with van der Waals surface area (Å²) in [6.07, 6.45) is 6.99. The van der Waals surface area contributed by atoms with Crippen molar-refractivity contribution < 1.29 is 38.1 Å². The maximum Gasteiger partial charge on any atom is 0.338 e. The summed E-state index contributed by atoms with van der Waals surface area (Å²) in [5, 5.41) is 0. The predicted molar refractivity (Wildman–Crippen MR) is 182 cm³/mol. The van der Waals surface area contributed by atoms with Gasteiger partial charge in [0.15, 0.2) is 0 Å². The second-order valence-electron chi connectivity index (χ2n) is 16.5. The third kappa shape index (κ3) is 5.73. The molecule has 48 heavy (non-hydrogen) atoms. The van der Waals surface area contributed by atoms with Crippen LogP contribution in [0.4, 0.5) is 0 Å². The van der Waals surface area contributed by atoms with Crippen LogP contribution in [0.2, 0.25) is 0 Å². The van der Waals surface area contributed by atoms with E-state index >= 15 is 0 Å². The Labute approximate surface area is 293 Å². The van der Waals surface area contributed by atoms with Gasteiger partial charge in [0.2, 0.25) is 0 Å². The highest BCUT2D eigenvalue weighted by atomic mass is 79.9. The zero-order chi connectivity index (χ0) is 34.8. The van der Waals surface area contributed by atoms with E-state index in [9.17, 15) is 19.2 Å². The maximum atomic E-state index is 13.3. The van der Waals surface area contributed by atoms with Crippen LogP contribution in [-0.4, -0.2) is 48.8 Å². The van der Waals surface area contributed by atoms with Gasteiger partial charge in [-0.25, -0.2) is 9.59 Å². The SMILES string of the molecule is CC(=O)O[C@@H](C[C@@H]1C=C(C)C(=O)O1)[C@H](C)[C@H]1CC[C@@H]2[C@@]3(C)CC[C@H](OC(=O)c4ccc(Br)cc4)C(C)(C)C3CC[C@@]2(C)[C@@]12COC(=O)C2. The van der Waals surface area contributed by atoms with Crippen molar-refractivity contribution in [1.82, 2.24) is 0 Å². The van der Waals surface area contributed by atoms with E-state index in [4.69, 9.17) is 18.9 Å². The standard InChI is InChI=1S/C39H51BrO8/c1-22-18-27(47-34(22)43)19-29(46-24(3)41)23(2)28-12-13-31-37(6)16-15-32(48-35(44)25-8-10-26(40)11-9-25)36(4,5)30(37)14-17-38(31,7)39(28)20-33(42)45-21-39/h8-11,18,23,27-32H,12-17,19-21H2,1-7H3/t23-,27+,28-,29+,30?,31-,32+,37+,38-,39+/m1/s1. The Morgan fingerprint density at radius 3 is 2.31 bits per heavy atom. The van der Waals surface area contributed by atoms with Crippen LogP contribution in [-0.2, 0) is 33.3 Å². The molecule has 3 aliphatic carbocycles. The number of rotatable bonds is 7. The van der Waals surface area contributed by atoms with E-state index in [-0.39, 0.29) is 58.1 Å². The maximum absolute atomic E-state index is 13.3. The van der Waals surface area contributed by atoms with Crippen LogP contribution in [0.5, 0.6) is 0 Å². The summed E-state index contributed by atoms with van der Waals surface area (Å²) in [6.45, 7) is 15.1. The van der Waals surface area contributed by atoms with Crippen LogP contribution in [0.3, 0.4) is 0 Å². The lowest BCUT2D eigenvalue weighted by Gasteiger charge is -2.70. The molecule has 1 aromatic carbocycles. The minimum atomic E-state index is -0.470. The summed E-state index contributed by atoms with van der Waals surface area (Å²) >= 11 is 3.45. The Morgan fingerprint density at radius 1 is 1.00 bits per heavy atom. The van der Waals surface area contributed by atoms with E-state index in [0.717, 1.165) is 43.0 Å². The number of esters is 4. The van der Waals surface area contributed by atoms with Crippen LogP contribution < -0.4 is 0 Å². The number of cyclic esters (lactones) is 2. The molecule has 0 aromatic heterocycles. The Morgan fingerprint density at radius 2 is 1.71 bits per heavy atom. The van der Waals surface area contributed by atoms with Crippen LogP contribution >= 0.6 is 15.9 Å². The van der Waals surface area contributed by atoms with Gasteiger partial charge >= 0.3 is 23.9 Å². The van der Waals surface area contributed by atoms with Gasteiger partial charge in [0, 0.05) is 34.2 Å². The number of ether oxygens (including phenoxy) is 4. The van der Waals surface area contributed by atoms with E-state index in [1.54, 1.807) is 19.1 Å². The first-order valence-electron chi connectivity index (χ1n) is 17.7. The van der Waals surface area contributed by atoms with Crippen LogP contribution in [0.15, 0.2) is 40.4 Å². The van der Waals surface area contributed by atoms with Crippen LogP contribution in [0.25, 0.3) is 0 Å². The number of fused-ring (bicyclic) bond motifs is 4. The molecule has 1 aromatic rings. The molecule has 4 fully saturated rings. The van der Waals surface area contributed by atoms with Gasteiger partial charge in [-0.05, 0) is 110 Å². The highest BCUT2D eigenvalue weighted by Crippen LogP contribution is 2.74. The summed E-state index contributed by atoms with van der Waals surface area (Å²) in [4.78, 5) is 50.9. The fourth-order valence-electron chi connectivity index (χ4n) is 11.6. The monoisotopic (exact) mass is 726 g/mol. The molecular formula is C39H51BrO8. The minimum absolute atomic E-state index is 0.0144. The Bertz CT molecular complexity index is 1500. The summed E-state index contributed by atoms with van der Waals surface area (Å²) < 4.78 is 24.7. The van der Waals surface area contributed by atoms with Gasteiger partial charge in [0.1, 0.15) is 18.3 Å². The highest BCUT2D eigenvalue weighted by Gasteiger charge is 2.71. The van der Waals surface area contributed by atoms with Crippen LogP contribution in [0, 0.1) is 45.3 Å². The normalized spacial score (nSPS) is 38.2. The number of hydrogen-bond acceptors (Lipinski definition) is 8. The molecule has 2 aliphatic heterocycles. The summed E-state index contributed by atoms with van der Waals surface area (Å²) in [5.74, 6) is -0.449. The van der Waals surface area contributed by atoms with Crippen molar-refractivity contribution in [2.24, 2.45) is 45.3 Å². The van der Waals surface area contributed by atoms with Crippen LogP contribution in [0.1, 0.15) is 110 Å². The van der Waals surface area contributed by atoms with E-state index < -0.39 is 17.6 Å². The molecule has 0 N–H and O–H groups in total. The molecule has 2 heterocycles. The smallest absolute Gasteiger partial charge is 0.338 e. The molecule has 5 aliphatic rings. The van der Waals surface area contributed by atoms with Gasteiger partial charge in [-0.1, -0.05) is 50.5 Å². The molecule has 10 atom stereocenters. The Hall–Kier alpha value is -2.68. The van der Waals surface area contributed by atoms with Gasteiger partial charge in [0.25, 0.3) is 0 Å². The minimum Gasteiger partial charge on any atom is -0.465 e.